The number of carboxylic acid groups (broad SMARTS) is 1. The van der Waals surface area contributed by atoms with Gasteiger partial charge in [-0.1, -0.05) is 19.6 Å². The number of hydrogen-bond acceptors (Lipinski definition) is 1. The van der Waals surface area contributed by atoms with Gasteiger partial charge in [-0.3, -0.25) is 0 Å². The van der Waals surface area contributed by atoms with Crippen molar-refractivity contribution in [3.8, 4) is 0 Å². The Morgan fingerprint density at radius 3 is 1.70 bits per heavy atom. The van der Waals surface area contributed by atoms with Crippen LogP contribution >= 0.6 is 0 Å². The zero-order chi connectivity index (χ0) is 8.58. The van der Waals surface area contributed by atoms with E-state index in [1.165, 1.54) is 19.6 Å². The van der Waals surface area contributed by atoms with E-state index in [4.69, 9.17) is 5.11 Å². The monoisotopic (exact) mass is 168 g/mol. The molecular formula is C5H10F2O2Si. The molecule has 0 aliphatic heterocycles. The molecule has 0 heterocycles. The molecule has 0 spiro atoms. The Kier molecular flexibility index (Phi) is 2.20. The first-order valence-electron chi connectivity index (χ1n) is 2.81. The average molecular weight is 168 g/mol. The highest BCUT2D eigenvalue weighted by molar-refractivity contribution is 6.81. The van der Waals surface area contributed by atoms with Crippen molar-refractivity contribution < 1.29 is 18.7 Å². The maximum Gasteiger partial charge on any atom is 0.369 e. The van der Waals surface area contributed by atoms with E-state index in [2.05, 4.69) is 0 Å². The largest absolute Gasteiger partial charge is 0.477 e. The fraction of sp³-hybridized carbons (Fsp3) is 0.800. The van der Waals surface area contributed by atoms with Crippen molar-refractivity contribution in [1.82, 2.24) is 0 Å². The number of rotatable bonds is 2. The van der Waals surface area contributed by atoms with E-state index in [-0.39, 0.29) is 0 Å². The maximum atomic E-state index is 12.5. The molecule has 2 nitrogen and oxygen atoms in total. The molecule has 0 atom stereocenters. The first-order chi connectivity index (χ1) is 4.19. The summed E-state index contributed by atoms with van der Waals surface area (Å²) in [6.45, 7) is 3.96. The van der Waals surface area contributed by atoms with E-state index >= 15 is 0 Å². The molecule has 0 saturated heterocycles. The van der Waals surface area contributed by atoms with Crippen LogP contribution in [0.25, 0.3) is 0 Å². The standard InChI is InChI=1S/C5H10F2O2Si/c1-10(2,3)5(6,7)4(8)9/h1-3H3,(H,8,9). The van der Waals surface area contributed by atoms with Crippen LogP contribution in [-0.2, 0) is 4.79 Å². The summed E-state index contributed by atoms with van der Waals surface area (Å²) in [4.78, 5) is 9.95. The van der Waals surface area contributed by atoms with Gasteiger partial charge in [0.2, 0.25) is 0 Å². The Bertz CT molecular complexity index is 150. The molecule has 0 amide bonds. The molecule has 0 aromatic rings. The SMILES string of the molecule is C[Si](C)(C)C(F)(F)C(=O)O. The Morgan fingerprint density at radius 1 is 1.40 bits per heavy atom. The van der Waals surface area contributed by atoms with Gasteiger partial charge in [0, 0.05) is 0 Å². The molecule has 0 aromatic carbocycles. The van der Waals surface area contributed by atoms with Crippen molar-refractivity contribution in [3.05, 3.63) is 0 Å². The molecule has 0 radical (unpaired) electrons. The quantitative estimate of drug-likeness (QED) is 0.636. The second kappa shape index (κ2) is 2.30. The zero-order valence-electron chi connectivity index (χ0n) is 6.11. The fourth-order valence-electron chi connectivity index (χ4n) is 0.321. The molecule has 5 heteroatoms. The van der Waals surface area contributed by atoms with E-state index in [0.717, 1.165) is 0 Å². The van der Waals surface area contributed by atoms with Crippen LogP contribution in [0.3, 0.4) is 0 Å². The second-order valence-electron chi connectivity index (χ2n) is 3.13. The van der Waals surface area contributed by atoms with Crippen LogP contribution in [0.2, 0.25) is 19.6 Å². The van der Waals surface area contributed by atoms with Crippen LogP contribution in [0.5, 0.6) is 0 Å². The molecule has 0 fully saturated rings. The van der Waals surface area contributed by atoms with Gasteiger partial charge in [-0.25, -0.2) is 4.79 Å². The van der Waals surface area contributed by atoms with Crippen LogP contribution in [0.15, 0.2) is 0 Å². The number of carboxylic acids is 1. The van der Waals surface area contributed by atoms with Crippen molar-refractivity contribution in [3.63, 3.8) is 0 Å². The lowest BCUT2D eigenvalue weighted by Crippen LogP contribution is -2.50. The summed E-state index contributed by atoms with van der Waals surface area (Å²) < 4.78 is 25.0. The molecule has 0 aromatic heterocycles. The molecule has 0 saturated carbocycles. The van der Waals surface area contributed by atoms with Crippen LogP contribution in [-0.4, -0.2) is 24.7 Å². The summed E-state index contributed by atoms with van der Waals surface area (Å²) in [5.74, 6) is -2.01. The Hall–Kier alpha value is -0.453. The normalized spacial score (nSPS) is 13.3. The Balaban J connectivity index is 4.57. The minimum Gasteiger partial charge on any atom is -0.477 e. The number of halogens is 2. The maximum absolute atomic E-state index is 12.5. The Labute approximate surface area is 58.9 Å². The third kappa shape index (κ3) is 1.53. The number of carbonyl (C=O) groups is 1. The topological polar surface area (TPSA) is 37.3 Å². The lowest BCUT2D eigenvalue weighted by atomic mass is 10.7. The van der Waals surface area contributed by atoms with Crippen molar-refractivity contribution in [2.45, 2.75) is 25.2 Å². The Morgan fingerprint density at radius 2 is 1.70 bits per heavy atom. The van der Waals surface area contributed by atoms with Crippen molar-refractivity contribution >= 4 is 14.0 Å². The highest BCUT2D eigenvalue weighted by atomic mass is 28.3. The molecule has 0 unspecified atom stereocenters. The van der Waals surface area contributed by atoms with Crippen LogP contribution < -0.4 is 0 Å². The molecule has 0 bridgehead atoms. The molecule has 60 valence electrons. The summed E-state index contributed by atoms with van der Waals surface area (Å²) in [5.41, 5.74) is -3.51. The summed E-state index contributed by atoms with van der Waals surface area (Å²) in [6.07, 6.45) is 0. The van der Waals surface area contributed by atoms with Crippen LogP contribution in [0.1, 0.15) is 0 Å². The van der Waals surface area contributed by atoms with Gasteiger partial charge < -0.3 is 5.11 Å². The average Bonchev–Trinajstić information content (AvgIpc) is 1.62. The first-order valence-corrected chi connectivity index (χ1v) is 6.31. The lowest BCUT2D eigenvalue weighted by molar-refractivity contribution is -0.155. The molecule has 1 N–H and O–H groups in total. The van der Waals surface area contributed by atoms with Gasteiger partial charge in [0.25, 0.3) is 0 Å². The van der Waals surface area contributed by atoms with Gasteiger partial charge in [-0.05, 0) is 0 Å². The van der Waals surface area contributed by atoms with E-state index in [9.17, 15) is 13.6 Å². The molecule has 0 rings (SSSR count). The minimum absolute atomic E-state index is 1.32. The van der Waals surface area contributed by atoms with Crippen LogP contribution in [0, 0.1) is 0 Å². The summed E-state index contributed by atoms with van der Waals surface area (Å²) in [6, 6.07) is 0. The van der Waals surface area contributed by atoms with E-state index in [1.54, 1.807) is 0 Å². The van der Waals surface area contributed by atoms with Crippen molar-refractivity contribution in [2.24, 2.45) is 0 Å². The highest BCUT2D eigenvalue weighted by Crippen LogP contribution is 2.26. The zero-order valence-corrected chi connectivity index (χ0v) is 7.11. The first kappa shape index (κ1) is 9.55. The third-order valence-corrected chi connectivity index (χ3v) is 3.31. The number of hydrogen-bond donors (Lipinski definition) is 1. The summed E-state index contributed by atoms with van der Waals surface area (Å²) in [5, 5.41) is 8.06. The van der Waals surface area contributed by atoms with Gasteiger partial charge in [0.05, 0.1) is 0 Å². The van der Waals surface area contributed by atoms with Crippen molar-refractivity contribution in [2.75, 3.05) is 0 Å². The van der Waals surface area contributed by atoms with Gasteiger partial charge in [0.15, 0.2) is 0 Å². The predicted molar refractivity (Wildman–Crippen MR) is 35.9 cm³/mol. The highest BCUT2D eigenvalue weighted by Gasteiger charge is 2.51. The molecule has 10 heavy (non-hydrogen) atoms. The van der Waals surface area contributed by atoms with Gasteiger partial charge in [-0.2, -0.15) is 8.78 Å². The minimum atomic E-state index is -3.51. The predicted octanol–water partition coefficient (Wildman–Crippen LogP) is 1.58. The van der Waals surface area contributed by atoms with E-state index in [0.29, 0.717) is 0 Å². The number of aliphatic carboxylic acids is 1. The molecule has 0 aliphatic rings. The smallest absolute Gasteiger partial charge is 0.369 e. The summed E-state index contributed by atoms with van der Waals surface area (Å²) >= 11 is 0. The lowest BCUT2D eigenvalue weighted by Gasteiger charge is -2.23. The fourth-order valence-corrected chi connectivity index (χ4v) is 0.962. The molecule has 0 aliphatic carbocycles. The summed E-state index contributed by atoms with van der Waals surface area (Å²) in [7, 11) is -2.88. The second-order valence-corrected chi connectivity index (χ2v) is 8.26. The third-order valence-electron chi connectivity index (χ3n) is 1.21. The van der Waals surface area contributed by atoms with E-state index in [1.807, 2.05) is 0 Å². The number of alkyl halides is 2. The van der Waals surface area contributed by atoms with E-state index < -0.39 is 19.6 Å². The van der Waals surface area contributed by atoms with Gasteiger partial charge >= 0.3 is 11.5 Å². The van der Waals surface area contributed by atoms with Crippen molar-refractivity contribution in [1.29, 1.82) is 0 Å². The molecular weight excluding hydrogens is 158 g/mol. The van der Waals surface area contributed by atoms with Gasteiger partial charge in [-0.15, -0.1) is 0 Å². The van der Waals surface area contributed by atoms with Gasteiger partial charge in [0.1, 0.15) is 8.07 Å². The van der Waals surface area contributed by atoms with Crippen LogP contribution in [0.4, 0.5) is 8.78 Å².